The summed E-state index contributed by atoms with van der Waals surface area (Å²) in [5.41, 5.74) is 0.576. The van der Waals surface area contributed by atoms with E-state index in [0.717, 1.165) is 18.9 Å². The van der Waals surface area contributed by atoms with Crippen LogP contribution in [0.4, 0.5) is 15.8 Å². The Kier molecular flexibility index (Phi) is 5.83. The molecule has 1 atom stereocenters. The lowest BCUT2D eigenvalue weighted by Gasteiger charge is -2.34. The third-order valence-electron chi connectivity index (χ3n) is 6.95. The number of rotatable bonds is 6. The van der Waals surface area contributed by atoms with Gasteiger partial charge in [0.25, 0.3) is 10.0 Å². The smallest absolute Gasteiger partial charge is 0.360 e. The number of benzene rings is 2. The molecule has 1 N–H and O–H groups in total. The third-order valence-corrected chi connectivity index (χ3v) is 8.28. The molecule has 200 valence electrons. The Labute approximate surface area is 221 Å². The summed E-state index contributed by atoms with van der Waals surface area (Å²) in [7, 11) is -3.19. The summed E-state index contributed by atoms with van der Waals surface area (Å²) in [6, 6.07) is 9.15. The number of fused-ring (bicyclic) bond motifs is 2. The van der Waals surface area contributed by atoms with E-state index in [4.69, 9.17) is 4.52 Å². The van der Waals surface area contributed by atoms with Crippen LogP contribution in [0.25, 0.3) is 11.3 Å². The van der Waals surface area contributed by atoms with E-state index >= 15 is 0 Å². The second-order valence-electron chi connectivity index (χ2n) is 9.54. The van der Waals surface area contributed by atoms with Crippen LogP contribution in [0.3, 0.4) is 0 Å². The van der Waals surface area contributed by atoms with Gasteiger partial charge in [0.05, 0.1) is 18.5 Å². The first kappa shape index (κ1) is 24.9. The van der Waals surface area contributed by atoms with Crippen molar-refractivity contribution >= 4 is 44.9 Å². The highest BCUT2D eigenvalue weighted by Crippen LogP contribution is 2.38. The third kappa shape index (κ3) is 4.38. The number of amides is 1. The van der Waals surface area contributed by atoms with Gasteiger partial charge in [-0.15, -0.1) is 4.40 Å². The maximum absolute atomic E-state index is 14.1. The number of anilines is 2. The fraction of sp³-hybridized carbons (Fsp3) is 0.269. The Morgan fingerprint density at radius 2 is 1.97 bits per heavy atom. The standard InChI is InChI=1S/C26H21FN4O7S/c1-37-26(34)18-12-20(38-29-18)14-4-6-17-21(10-14)39(35,36)30-24(28-17)22-23(32)16-11-15(27)5-7-19(16)31(25(22)33)9-8-13-2-3-13/h4-7,10-13,22H,2-3,8-9H2,1H3,(H,28,30). The van der Waals surface area contributed by atoms with Crippen molar-refractivity contribution in [2.45, 2.75) is 24.2 Å². The molecule has 0 radical (unpaired) electrons. The van der Waals surface area contributed by atoms with Crippen LogP contribution in [0.5, 0.6) is 0 Å². The summed E-state index contributed by atoms with van der Waals surface area (Å²) >= 11 is 0. The minimum atomic E-state index is -4.38. The molecule has 3 aliphatic rings. The average Bonchev–Trinajstić information content (AvgIpc) is 3.61. The van der Waals surface area contributed by atoms with E-state index in [1.165, 1.54) is 48.4 Å². The maximum Gasteiger partial charge on any atom is 0.360 e. The molecule has 11 nitrogen and oxygen atoms in total. The van der Waals surface area contributed by atoms with Crippen LogP contribution in [0, 0.1) is 17.7 Å². The number of aromatic nitrogens is 1. The number of carbonyl (C=O) groups is 3. The van der Waals surface area contributed by atoms with E-state index in [9.17, 15) is 27.2 Å². The molecule has 1 amide bonds. The first-order valence-corrected chi connectivity index (χ1v) is 13.6. The number of ether oxygens (including phenoxy) is 1. The maximum atomic E-state index is 14.1. The Morgan fingerprint density at radius 1 is 1.18 bits per heavy atom. The number of carbonyl (C=O) groups excluding carboxylic acids is 3. The molecule has 0 bridgehead atoms. The Hall–Kier alpha value is -4.39. The van der Waals surface area contributed by atoms with Gasteiger partial charge in [-0.2, -0.15) is 8.42 Å². The van der Waals surface area contributed by atoms with Gasteiger partial charge in [-0.3, -0.25) is 9.59 Å². The first-order valence-electron chi connectivity index (χ1n) is 12.1. The van der Waals surface area contributed by atoms with Crippen molar-refractivity contribution in [3.8, 4) is 11.3 Å². The van der Waals surface area contributed by atoms with Crippen LogP contribution in [0.15, 0.2) is 56.3 Å². The van der Waals surface area contributed by atoms with Crippen LogP contribution < -0.4 is 10.2 Å². The summed E-state index contributed by atoms with van der Waals surface area (Å²) in [6.07, 6.45) is 2.83. The molecule has 1 aromatic heterocycles. The predicted octanol–water partition coefficient (Wildman–Crippen LogP) is 3.43. The summed E-state index contributed by atoms with van der Waals surface area (Å²) in [5.74, 6) is -4.08. The molecule has 0 spiro atoms. The molecule has 13 heteroatoms. The average molecular weight is 553 g/mol. The van der Waals surface area contributed by atoms with Crippen LogP contribution in [0.1, 0.15) is 40.1 Å². The molecular weight excluding hydrogens is 531 g/mol. The predicted molar refractivity (Wildman–Crippen MR) is 135 cm³/mol. The lowest BCUT2D eigenvalue weighted by Crippen LogP contribution is -2.50. The topological polar surface area (TPSA) is 148 Å². The van der Waals surface area contributed by atoms with E-state index in [0.29, 0.717) is 30.1 Å². The number of Topliss-reactive ketones (excluding diaryl/α,β-unsaturated/α-hetero) is 1. The van der Waals surface area contributed by atoms with Gasteiger partial charge in [-0.1, -0.05) is 18.0 Å². The van der Waals surface area contributed by atoms with Gasteiger partial charge in [0.1, 0.15) is 16.5 Å². The number of hydrogen-bond acceptors (Lipinski definition) is 9. The number of esters is 1. The molecule has 1 fully saturated rings. The second kappa shape index (κ2) is 9.12. The molecular formula is C26H21FN4O7S. The van der Waals surface area contributed by atoms with Gasteiger partial charge in [-0.05, 0) is 48.7 Å². The summed E-state index contributed by atoms with van der Waals surface area (Å²) in [5, 5.41) is 6.44. The number of amidine groups is 1. The fourth-order valence-electron chi connectivity index (χ4n) is 4.74. The number of nitrogens with one attached hydrogen (secondary N) is 1. The van der Waals surface area contributed by atoms with E-state index < -0.39 is 39.4 Å². The molecule has 39 heavy (non-hydrogen) atoms. The Bertz CT molecular complexity index is 1690. The monoisotopic (exact) mass is 552 g/mol. The van der Waals surface area contributed by atoms with Crippen molar-refractivity contribution in [3.05, 3.63) is 59.5 Å². The quantitative estimate of drug-likeness (QED) is 0.359. The largest absolute Gasteiger partial charge is 0.464 e. The molecule has 3 heterocycles. The minimum absolute atomic E-state index is 0.00910. The highest BCUT2D eigenvalue weighted by Gasteiger charge is 2.45. The zero-order valence-electron chi connectivity index (χ0n) is 20.5. The minimum Gasteiger partial charge on any atom is -0.464 e. The lowest BCUT2D eigenvalue weighted by molar-refractivity contribution is -0.119. The first-order chi connectivity index (χ1) is 18.7. The number of hydrogen-bond donors (Lipinski definition) is 1. The van der Waals surface area contributed by atoms with Crippen molar-refractivity contribution in [3.63, 3.8) is 0 Å². The number of nitrogens with zero attached hydrogens (tertiary/aromatic N) is 3. The molecule has 1 saturated carbocycles. The van der Waals surface area contributed by atoms with Crippen molar-refractivity contribution < 1.29 is 36.5 Å². The van der Waals surface area contributed by atoms with E-state index in [-0.39, 0.29) is 33.4 Å². The number of methoxy groups -OCH3 is 1. The summed E-state index contributed by atoms with van der Waals surface area (Å²) in [4.78, 5) is 39.9. The van der Waals surface area contributed by atoms with Gasteiger partial charge in [-0.25, -0.2) is 9.18 Å². The Balaban J connectivity index is 1.36. The zero-order chi connectivity index (χ0) is 27.5. The fourth-order valence-corrected chi connectivity index (χ4v) is 5.92. The lowest BCUT2D eigenvalue weighted by atomic mass is 9.88. The van der Waals surface area contributed by atoms with Crippen molar-refractivity contribution in [1.82, 2.24) is 5.16 Å². The zero-order valence-corrected chi connectivity index (χ0v) is 21.3. The SMILES string of the molecule is COC(=O)c1cc(-c2ccc3c(c2)S(=O)(=O)N=C(C2C(=O)c4cc(F)ccc4N(CCC4CC4)C2=O)N3)on1. The van der Waals surface area contributed by atoms with E-state index in [1.807, 2.05) is 0 Å². The van der Waals surface area contributed by atoms with Gasteiger partial charge in [0, 0.05) is 23.7 Å². The van der Waals surface area contributed by atoms with Crippen molar-refractivity contribution in [1.29, 1.82) is 0 Å². The molecule has 0 saturated heterocycles. The number of ketones is 1. The molecule has 2 aliphatic heterocycles. The van der Waals surface area contributed by atoms with Gasteiger partial charge >= 0.3 is 5.97 Å². The van der Waals surface area contributed by atoms with Gasteiger partial charge < -0.3 is 19.5 Å². The van der Waals surface area contributed by atoms with E-state index in [1.54, 1.807) is 0 Å². The molecule has 6 rings (SSSR count). The summed E-state index contributed by atoms with van der Waals surface area (Å²) in [6.45, 7) is 0.316. The molecule has 2 aromatic carbocycles. The summed E-state index contributed by atoms with van der Waals surface area (Å²) < 4.78 is 54.1. The molecule has 3 aromatic rings. The van der Waals surface area contributed by atoms with Crippen molar-refractivity contribution in [2.24, 2.45) is 16.2 Å². The van der Waals surface area contributed by atoms with Crippen LogP contribution in [0.2, 0.25) is 0 Å². The van der Waals surface area contributed by atoms with Crippen LogP contribution in [-0.2, 0) is 19.6 Å². The van der Waals surface area contributed by atoms with Crippen LogP contribution >= 0.6 is 0 Å². The van der Waals surface area contributed by atoms with Crippen molar-refractivity contribution in [2.75, 3.05) is 23.9 Å². The Morgan fingerprint density at radius 3 is 2.72 bits per heavy atom. The highest BCUT2D eigenvalue weighted by molar-refractivity contribution is 7.90. The molecule has 1 unspecified atom stereocenters. The molecule has 1 aliphatic carbocycles. The van der Waals surface area contributed by atoms with Gasteiger partial charge in [0.2, 0.25) is 5.91 Å². The number of sulfonamides is 1. The van der Waals surface area contributed by atoms with Gasteiger partial charge in [0.15, 0.2) is 23.2 Å². The number of halogens is 1. The highest BCUT2D eigenvalue weighted by atomic mass is 32.2. The second-order valence-corrected chi connectivity index (χ2v) is 11.1. The normalized spacial score (nSPS) is 19.6. The van der Waals surface area contributed by atoms with Crippen LogP contribution in [-0.4, -0.2) is 50.7 Å². The van der Waals surface area contributed by atoms with E-state index in [2.05, 4.69) is 19.6 Å².